The highest BCUT2D eigenvalue weighted by Crippen LogP contribution is 2.34. The fourth-order valence-corrected chi connectivity index (χ4v) is 2.38. The Bertz CT molecular complexity index is 274. The quantitative estimate of drug-likeness (QED) is 0.700. The summed E-state index contributed by atoms with van der Waals surface area (Å²) in [6.45, 7) is 6.59. The van der Waals surface area contributed by atoms with Crippen molar-refractivity contribution in [2.75, 3.05) is 13.1 Å². The minimum atomic E-state index is 0.0236. The van der Waals surface area contributed by atoms with Gasteiger partial charge in [0, 0.05) is 25.2 Å². The SMILES string of the molecule is CC(C)NC(C#N)CCN(CC1CC1)C1CC1. The standard InChI is InChI=1S/C14H25N3/c1-11(2)16-13(9-15)7-8-17(14-5-6-14)10-12-3-4-12/h11-14,16H,3-8,10H2,1-2H3. The van der Waals surface area contributed by atoms with E-state index < -0.39 is 0 Å². The lowest BCUT2D eigenvalue weighted by atomic mass is 10.2. The van der Waals surface area contributed by atoms with E-state index in [-0.39, 0.29) is 6.04 Å². The van der Waals surface area contributed by atoms with Crippen molar-refractivity contribution < 1.29 is 0 Å². The highest BCUT2D eigenvalue weighted by molar-refractivity contribution is 4.94. The van der Waals surface area contributed by atoms with Crippen LogP contribution in [0.15, 0.2) is 0 Å². The minimum absolute atomic E-state index is 0.0236. The molecule has 0 aromatic heterocycles. The van der Waals surface area contributed by atoms with Crippen LogP contribution in [0.1, 0.15) is 46.0 Å². The first-order valence-corrected chi connectivity index (χ1v) is 7.08. The summed E-state index contributed by atoms with van der Waals surface area (Å²) in [5.74, 6) is 0.967. The van der Waals surface area contributed by atoms with Gasteiger partial charge < -0.3 is 4.90 Å². The summed E-state index contributed by atoms with van der Waals surface area (Å²) in [6.07, 6.45) is 6.57. The Morgan fingerprint density at radius 1 is 1.29 bits per heavy atom. The van der Waals surface area contributed by atoms with Crippen LogP contribution in [0.2, 0.25) is 0 Å². The topological polar surface area (TPSA) is 39.1 Å². The van der Waals surface area contributed by atoms with Crippen molar-refractivity contribution in [2.45, 2.75) is 64.1 Å². The average molecular weight is 235 g/mol. The van der Waals surface area contributed by atoms with Gasteiger partial charge in [0.25, 0.3) is 0 Å². The second kappa shape index (κ2) is 5.84. The molecule has 0 saturated heterocycles. The molecular formula is C14H25N3. The van der Waals surface area contributed by atoms with Gasteiger partial charge in [0.2, 0.25) is 0 Å². The number of nitriles is 1. The summed E-state index contributed by atoms with van der Waals surface area (Å²) in [5, 5.41) is 12.4. The smallest absolute Gasteiger partial charge is 0.0967 e. The van der Waals surface area contributed by atoms with Gasteiger partial charge in [0.15, 0.2) is 0 Å². The zero-order valence-electron chi connectivity index (χ0n) is 11.2. The van der Waals surface area contributed by atoms with E-state index in [9.17, 15) is 0 Å². The summed E-state index contributed by atoms with van der Waals surface area (Å²) in [5.41, 5.74) is 0. The summed E-state index contributed by atoms with van der Waals surface area (Å²) in [4.78, 5) is 2.63. The fraction of sp³-hybridized carbons (Fsp3) is 0.929. The molecule has 0 aromatic carbocycles. The van der Waals surface area contributed by atoms with Gasteiger partial charge in [0.1, 0.15) is 0 Å². The van der Waals surface area contributed by atoms with Crippen molar-refractivity contribution in [3.8, 4) is 6.07 Å². The molecule has 3 heteroatoms. The molecule has 0 bridgehead atoms. The van der Waals surface area contributed by atoms with Crippen LogP contribution in [0.25, 0.3) is 0 Å². The molecule has 0 heterocycles. The van der Waals surface area contributed by atoms with E-state index in [2.05, 4.69) is 30.1 Å². The highest BCUT2D eigenvalue weighted by atomic mass is 15.2. The van der Waals surface area contributed by atoms with Crippen molar-refractivity contribution in [3.63, 3.8) is 0 Å². The minimum Gasteiger partial charge on any atom is -0.300 e. The third-order valence-corrected chi connectivity index (χ3v) is 3.65. The summed E-state index contributed by atoms with van der Waals surface area (Å²) < 4.78 is 0. The van der Waals surface area contributed by atoms with Crippen molar-refractivity contribution in [3.05, 3.63) is 0 Å². The second-order valence-electron chi connectivity index (χ2n) is 5.96. The molecule has 96 valence electrons. The van der Waals surface area contributed by atoms with Gasteiger partial charge >= 0.3 is 0 Å². The molecule has 0 amide bonds. The van der Waals surface area contributed by atoms with Crippen molar-refractivity contribution in [2.24, 2.45) is 5.92 Å². The van der Waals surface area contributed by atoms with E-state index in [4.69, 9.17) is 5.26 Å². The Morgan fingerprint density at radius 2 is 2.00 bits per heavy atom. The lowest BCUT2D eigenvalue weighted by Gasteiger charge is -2.24. The number of nitrogens with zero attached hydrogens (tertiary/aromatic N) is 2. The third kappa shape index (κ3) is 4.65. The molecule has 1 unspecified atom stereocenters. The number of hydrogen-bond acceptors (Lipinski definition) is 3. The van der Waals surface area contributed by atoms with E-state index in [1.54, 1.807) is 0 Å². The Kier molecular flexibility index (Phi) is 4.42. The molecule has 1 atom stereocenters. The molecule has 17 heavy (non-hydrogen) atoms. The maximum Gasteiger partial charge on any atom is 0.0967 e. The normalized spacial score (nSPS) is 21.8. The largest absolute Gasteiger partial charge is 0.300 e. The van der Waals surface area contributed by atoms with Gasteiger partial charge in [0.05, 0.1) is 12.1 Å². The molecule has 0 aliphatic heterocycles. The van der Waals surface area contributed by atoms with Crippen LogP contribution in [-0.4, -0.2) is 36.1 Å². The third-order valence-electron chi connectivity index (χ3n) is 3.65. The predicted molar refractivity (Wildman–Crippen MR) is 69.6 cm³/mol. The molecule has 2 aliphatic rings. The lowest BCUT2D eigenvalue weighted by Crippen LogP contribution is -2.38. The fourth-order valence-electron chi connectivity index (χ4n) is 2.38. The molecule has 2 fully saturated rings. The van der Waals surface area contributed by atoms with Gasteiger partial charge in [-0.3, -0.25) is 5.32 Å². The van der Waals surface area contributed by atoms with Gasteiger partial charge in [-0.1, -0.05) is 0 Å². The molecule has 2 saturated carbocycles. The van der Waals surface area contributed by atoms with E-state index in [1.165, 1.54) is 32.2 Å². The number of hydrogen-bond donors (Lipinski definition) is 1. The van der Waals surface area contributed by atoms with Gasteiger partial charge in [-0.25, -0.2) is 0 Å². The van der Waals surface area contributed by atoms with Crippen molar-refractivity contribution >= 4 is 0 Å². The molecule has 1 N–H and O–H groups in total. The Hall–Kier alpha value is -0.590. The molecule has 2 aliphatic carbocycles. The summed E-state index contributed by atoms with van der Waals surface area (Å²) in [7, 11) is 0. The highest BCUT2D eigenvalue weighted by Gasteiger charge is 2.33. The van der Waals surface area contributed by atoms with Crippen LogP contribution in [0.3, 0.4) is 0 Å². The molecule has 3 nitrogen and oxygen atoms in total. The first kappa shape index (κ1) is 12.9. The van der Waals surface area contributed by atoms with Crippen LogP contribution in [0, 0.1) is 17.2 Å². The molecule has 0 aromatic rings. The number of nitrogens with one attached hydrogen (secondary N) is 1. The second-order valence-corrected chi connectivity index (χ2v) is 5.96. The average Bonchev–Trinajstić information content (AvgIpc) is 3.14. The van der Waals surface area contributed by atoms with Gasteiger partial charge in [-0.15, -0.1) is 0 Å². The summed E-state index contributed by atoms with van der Waals surface area (Å²) >= 11 is 0. The first-order chi connectivity index (χ1) is 8.19. The van der Waals surface area contributed by atoms with E-state index in [1.807, 2.05) is 0 Å². The lowest BCUT2D eigenvalue weighted by molar-refractivity contribution is 0.242. The van der Waals surface area contributed by atoms with E-state index in [0.29, 0.717) is 6.04 Å². The molecule has 0 radical (unpaired) electrons. The van der Waals surface area contributed by atoms with Crippen LogP contribution in [-0.2, 0) is 0 Å². The molecular weight excluding hydrogens is 210 g/mol. The maximum absolute atomic E-state index is 9.11. The first-order valence-electron chi connectivity index (χ1n) is 7.08. The van der Waals surface area contributed by atoms with Crippen LogP contribution in [0.4, 0.5) is 0 Å². The Labute approximate surface area is 105 Å². The zero-order valence-corrected chi connectivity index (χ0v) is 11.2. The Balaban J connectivity index is 1.71. The van der Waals surface area contributed by atoms with Crippen molar-refractivity contribution in [1.29, 1.82) is 5.26 Å². The van der Waals surface area contributed by atoms with Gasteiger partial charge in [-0.2, -0.15) is 5.26 Å². The van der Waals surface area contributed by atoms with Crippen LogP contribution >= 0.6 is 0 Å². The summed E-state index contributed by atoms with van der Waals surface area (Å²) in [6, 6.07) is 3.64. The van der Waals surface area contributed by atoms with Crippen molar-refractivity contribution in [1.82, 2.24) is 10.2 Å². The maximum atomic E-state index is 9.11. The molecule has 0 spiro atoms. The predicted octanol–water partition coefficient (Wildman–Crippen LogP) is 2.14. The zero-order chi connectivity index (χ0) is 12.3. The number of rotatable bonds is 8. The van der Waals surface area contributed by atoms with Crippen LogP contribution < -0.4 is 5.32 Å². The molecule has 2 rings (SSSR count). The van der Waals surface area contributed by atoms with E-state index >= 15 is 0 Å². The Morgan fingerprint density at radius 3 is 2.47 bits per heavy atom. The monoisotopic (exact) mass is 235 g/mol. The van der Waals surface area contributed by atoms with E-state index in [0.717, 1.165) is 24.9 Å². The van der Waals surface area contributed by atoms with Gasteiger partial charge in [-0.05, 0) is 51.9 Å². The van der Waals surface area contributed by atoms with Crippen LogP contribution in [0.5, 0.6) is 0 Å².